The SMILES string of the molecule is CS(=O)(=O)OCCNc1cn[c]s1. The summed E-state index contributed by atoms with van der Waals surface area (Å²) in [5.74, 6) is 0. The van der Waals surface area contributed by atoms with Crippen molar-refractivity contribution in [2.75, 3.05) is 24.7 Å². The highest BCUT2D eigenvalue weighted by molar-refractivity contribution is 7.85. The van der Waals surface area contributed by atoms with Crippen molar-refractivity contribution in [3.8, 4) is 0 Å². The fraction of sp³-hybridized carbons (Fsp3) is 0.500. The van der Waals surface area contributed by atoms with Crippen LogP contribution in [0.15, 0.2) is 6.20 Å². The van der Waals surface area contributed by atoms with Crippen LogP contribution in [-0.2, 0) is 14.3 Å². The molecular formula is C6H9N2O3S2. The van der Waals surface area contributed by atoms with Gasteiger partial charge in [0.25, 0.3) is 10.1 Å². The summed E-state index contributed by atoms with van der Waals surface area (Å²) in [6.45, 7) is 0.555. The molecule has 5 nitrogen and oxygen atoms in total. The van der Waals surface area contributed by atoms with Crippen LogP contribution in [0.1, 0.15) is 0 Å². The number of rotatable bonds is 5. The highest BCUT2D eigenvalue weighted by atomic mass is 32.2. The first kappa shape index (κ1) is 10.4. The van der Waals surface area contributed by atoms with Gasteiger partial charge in [0.05, 0.1) is 19.1 Å². The highest BCUT2D eigenvalue weighted by Gasteiger charge is 2.00. The minimum atomic E-state index is -3.33. The molecule has 0 saturated heterocycles. The van der Waals surface area contributed by atoms with Crippen molar-refractivity contribution in [1.82, 2.24) is 4.98 Å². The molecule has 0 spiro atoms. The van der Waals surface area contributed by atoms with E-state index in [0.717, 1.165) is 11.3 Å². The summed E-state index contributed by atoms with van der Waals surface area (Å²) in [6, 6.07) is 0. The van der Waals surface area contributed by atoms with Gasteiger partial charge in [0.1, 0.15) is 5.00 Å². The van der Waals surface area contributed by atoms with E-state index in [9.17, 15) is 8.42 Å². The topological polar surface area (TPSA) is 68.3 Å². The predicted octanol–water partition coefficient (Wildman–Crippen LogP) is 0.331. The van der Waals surface area contributed by atoms with Gasteiger partial charge in [0, 0.05) is 6.54 Å². The number of nitrogens with one attached hydrogen (secondary N) is 1. The second-order valence-electron chi connectivity index (χ2n) is 2.27. The Bertz CT molecular complexity index is 333. The van der Waals surface area contributed by atoms with Crippen LogP contribution in [0.2, 0.25) is 0 Å². The maximum absolute atomic E-state index is 10.5. The molecule has 1 rings (SSSR count). The molecule has 73 valence electrons. The Morgan fingerprint density at radius 2 is 2.54 bits per heavy atom. The largest absolute Gasteiger partial charge is 0.373 e. The fourth-order valence-corrected chi connectivity index (χ4v) is 1.51. The molecule has 1 radical (unpaired) electrons. The number of anilines is 1. The highest BCUT2D eigenvalue weighted by Crippen LogP contribution is 2.10. The van der Waals surface area contributed by atoms with Gasteiger partial charge in [0.2, 0.25) is 0 Å². The first-order chi connectivity index (χ1) is 6.08. The maximum atomic E-state index is 10.5. The number of thiazole rings is 1. The molecule has 13 heavy (non-hydrogen) atoms. The van der Waals surface area contributed by atoms with Gasteiger partial charge in [-0.2, -0.15) is 8.42 Å². The second-order valence-corrected chi connectivity index (χ2v) is 4.74. The average molecular weight is 221 g/mol. The van der Waals surface area contributed by atoms with Gasteiger partial charge >= 0.3 is 0 Å². The van der Waals surface area contributed by atoms with Crippen molar-refractivity contribution >= 4 is 26.5 Å². The summed E-state index contributed by atoms with van der Waals surface area (Å²) in [7, 11) is -3.33. The Balaban J connectivity index is 2.16. The van der Waals surface area contributed by atoms with Crippen molar-refractivity contribution in [2.24, 2.45) is 0 Å². The molecule has 0 atom stereocenters. The summed E-state index contributed by atoms with van der Waals surface area (Å²) in [5.41, 5.74) is 2.66. The molecule has 0 amide bonds. The molecular weight excluding hydrogens is 212 g/mol. The number of nitrogens with zero attached hydrogens (tertiary/aromatic N) is 1. The summed E-state index contributed by atoms with van der Waals surface area (Å²) in [6.07, 6.45) is 2.64. The lowest BCUT2D eigenvalue weighted by atomic mass is 10.7. The van der Waals surface area contributed by atoms with E-state index in [4.69, 9.17) is 0 Å². The lowest BCUT2D eigenvalue weighted by molar-refractivity contribution is 0.336. The molecule has 1 aromatic heterocycles. The van der Waals surface area contributed by atoms with Crippen LogP contribution in [0.4, 0.5) is 5.00 Å². The minimum Gasteiger partial charge on any atom is -0.373 e. The number of aromatic nitrogens is 1. The molecule has 0 bridgehead atoms. The molecule has 1 N–H and O–H groups in total. The first-order valence-corrected chi connectivity index (χ1v) is 6.11. The quantitative estimate of drug-likeness (QED) is 0.573. The van der Waals surface area contributed by atoms with Crippen LogP contribution in [0.5, 0.6) is 0 Å². The van der Waals surface area contributed by atoms with Gasteiger partial charge < -0.3 is 5.32 Å². The van der Waals surface area contributed by atoms with Crippen molar-refractivity contribution in [3.63, 3.8) is 0 Å². The molecule has 1 aromatic rings. The first-order valence-electron chi connectivity index (χ1n) is 3.48. The van der Waals surface area contributed by atoms with Crippen molar-refractivity contribution in [3.05, 3.63) is 11.7 Å². The number of hydrogen-bond acceptors (Lipinski definition) is 6. The third kappa shape index (κ3) is 4.81. The maximum Gasteiger partial charge on any atom is 0.264 e. The second kappa shape index (κ2) is 4.54. The molecule has 1 heterocycles. The number of hydrogen-bond donors (Lipinski definition) is 1. The van der Waals surface area contributed by atoms with Crippen molar-refractivity contribution in [1.29, 1.82) is 0 Å². The van der Waals surface area contributed by atoms with Gasteiger partial charge in [-0.05, 0) is 0 Å². The zero-order chi connectivity index (χ0) is 9.73. The van der Waals surface area contributed by atoms with Gasteiger partial charge in [-0.15, -0.1) is 0 Å². The Morgan fingerprint density at radius 1 is 1.77 bits per heavy atom. The van der Waals surface area contributed by atoms with E-state index < -0.39 is 10.1 Å². The summed E-state index contributed by atoms with van der Waals surface area (Å²) in [4.78, 5) is 3.72. The Hall–Kier alpha value is -0.660. The smallest absolute Gasteiger partial charge is 0.264 e. The molecule has 0 aromatic carbocycles. The van der Waals surface area contributed by atoms with Crippen molar-refractivity contribution < 1.29 is 12.6 Å². The van der Waals surface area contributed by atoms with Gasteiger partial charge in [-0.3, -0.25) is 4.18 Å². The third-order valence-electron chi connectivity index (χ3n) is 1.09. The van der Waals surface area contributed by atoms with Crippen molar-refractivity contribution in [2.45, 2.75) is 0 Å². The standard InChI is InChI=1S/C6H9N2O3S2/c1-13(9,10)11-3-2-8-6-4-7-5-12-6/h4,8H,2-3H2,1H3. The third-order valence-corrected chi connectivity index (χ3v) is 2.35. The lowest BCUT2D eigenvalue weighted by Gasteiger charge is -2.01. The zero-order valence-electron chi connectivity index (χ0n) is 6.98. The van der Waals surface area contributed by atoms with Crippen LogP contribution in [0.3, 0.4) is 0 Å². The van der Waals surface area contributed by atoms with Gasteiger partial charge in [0.15, 0.2) is 5.51 Å². The van der Waals surface area contributed by atoms with E-state index in [1.54, 1.807) is 6.20 Å². The van der Waals surface area contributed by atoms with Crippen LogP contribution in [0.25, 0.3) is 0 Å². The lowest BCUT2D eigenvalue weighted by Crippen LogP contribution is -2.12. The molecule has 0 aliphatic heterocycles. The van der Waals surface area contributed by atoms with E-state index in [-0.39, 0.29) is 6.61 Å². The normalized spacial score (nSPS) is 11.5. The van der Waals surface area contributed by atoms with E-state index in [0.29, 0.717) is 6.54 Å². The van der Waals surface area contributed by atoms with E-state index in [2.05, 4.69) is 20.0 Å². The van der Waals surface area contributed by atoms with Crippen LogP contribution >= 0.6 is 11.3 Å². The Kier molecular flexibility index (Phi) is 3.64. The fourth-order valence-electron chi connectivity index (χ4n) is 0.636. The molecule has 0 saturated carbocycles. The van der Waals surface area contributed by atoms with Crippen LogP contribution in [-0.4, -0.2) is 32.8 Å². The molecule has 0 fully saturated rings. The molecule has 0 aliphatic carbocycles. The summed E-state index contributed by atoms with van der Waals surface area (Å²) in [5, 5.41) is 3.78. The molecule has 7 heteroatoms. The average Bonchev–Trinajstić information content (AvgIpc) is 2.48. The predicted molar refractivity (Wildman–Crippen MR) is 50.2 cm³/mol. The Labute approximate surface area is 80.9 Å². The van der Waals surface area contributed by atoms with E-state index >= 15 is 0 Å². The molecule has 0 aliphatic rings. The zero-order valence-corrected chi connectivity index (χ0v) is 8.61. The summed E-state index contributed by atoms with van der Waals surface area (Å²) >= 11 is 1.33. The van der Waals surface area contributed by atoms with Gasteiger partial charge in [-0.25, -0.2) is 4.98 Å². The van der Waals surface area contributed by atoms with Crippen LogP contribution in [0, 0.1) is 5.51 Å². The Morgan fingerprint density at radius 3 is 3.08 bits per heavy atom. The summed E-state index contributed by atoms with van der Waals surface area (Å²) < 4.78 is 25.6. The minimum absolute atomic E-state index is 0.122. The van der Waals surface area contributed by atoms with E-state index in [1.807, 2.05) is 0 Å². The van der Waals surface area contributed by atoms with E-state index in [1.165, 1.54) is 11.3 Å². The molecule has 0 unspecified atom stereocenters. The monoisotopic (exact) mass is 221 g/mol. The van der Waals surface area contributed by atoms with Gasteiger partial charge in [-0.1, -0.05) is 11.3 Å². The van der Waals surface area contributed by atoms with Crippen LogP contribution < -0.4 is 5.32 Å².